The summed E-state index contributed by atoms with van der Waals surface area (Å²) in [6.45, 7) is 11.8. The zero-order valence-electron chi connectivity index (χ0n) is 24.3. The van der Waals surface area contributed by atoms with Crippen LogP contribution in [0.5, 0.6) is 0 Å². The number of benzene rings is 2. The van der Waals surface area contributed by atoms with E-state index in [1.807, 2.05) is 49.4 Å². The molecule has 2 aromatic rings. The number of rotatable bonds is 12. The number of amides is 1. The van der Waals surface area contributed by atoms with Gasteiger partial charge in [0.1, 0.15) is 22.6 Å². The molecule has 0 saturated carbocycles. The van der Waals surface area contributed by atoms with Crippen LogP contribution in [0, 0.1) is 0 Å². The number of aldehydes is 1. The number of carbonyl (C=O) groups is 3. The van der Waals surface area contributed by atoms with E-state index in [1.54, 1.807) is 13.0 Å². The van der Waals surface area contributed by atoms with Gasteiger partial charge in [0, 0.05) is 24.8 Å². The molecule has 1 N–H and O–H groups in total. The lowest BCUT2D eigenvalue weighted by Gasteiger charge is -2.43. The van der Waals surface area contributed by atoms with Crippen LogP contribution in [0.2, 0.25) is 5.04 Å². The second-order valence-electron chi connectivity index (χ2n) is 11.2. The minimum atomic E-state index is -2.94. The van der Waals surface area contributed by atoms with Gasteiger partial charge < -0.3 is 9.74 Å². The van der Waals surface area contributed by atoms with Crippen molar-refractivity contribution in [1.82, 2.24) is 5.32 Å². The van der Waals surface area contributed by atoms with Gasteiger partial charge in [0.2, 0.25) is 5.91 Å². The summed E-state index contributed by atoms with van der Waals surface area (Å²) >= 11 is 1.31. The highest BCUT2D eigenvalue weighted by atomic mass is 32.2. The summed E-state index contributed by atoms with van der Waals surface area (Å²) in [4.78, 5) is 41.2. The molecule has 0 aliphatic carbocycles. The Labute approximate surface area is 243 Å². The lowest BCUT2D eigenvalue weighted by atomic mass is 10.0. The number of hydrogen-bond donors (Lipinski definition) is 1. The van der Waals surface area contributed by atoms with Gasteiger partial charge in [0.05, 0.1) is 0 Å². The molecule has 1 amide bonds. The summed E-state index contributed by atoms with van der Waals surface area (Å²) < 4.78 is 7.02. The molecule has 40 heavy (non-hydrogen) atoms. The van der Waals surface area contributed by atoms with Gasteiger partial charge in [-0.2, -0.15) is 0 Å². The van der Waals surface area contributed by atoms with Crippen LogP contribution in [-0.4, -0.2) is 48.7 Å². The zero-order valence-corrected chi connectivity index (χ0v) is 26.1. The molecular formula is C32H40N2O4SSi. The molecule has 0 saturated heterocycles. The van der Waals surface area contributed by atoms with Crippen LogP contribution in [-0.2, 0) is 18.8 Å². The van der Waals surface area contributed by atoms with Crippen molar-refractivity contribution < 1.29 is 18.8 Å². The predicted molar refractivity (Wildman–Crippen MR) is 168 cm³/mol. The highest BCUT2D eigenvalue weighted by Crippen LogP contribution is 2.38. The molecule has 212 valence electrons. The van der Waals surface area contributed by atoms with E-state index in [-0.39, 0.29) is 22.8 Å². The maximum Gasteiger partial charge on any atom is 0.319 e. The third kappa shape index (κ3) is 7.09. The molecule has 0 radical (unpaired) electrons. The summed E-state index contributed by atoms with van der Waals surface area (Å²) in [7, 11) is -2.94. The first-order valence-electron chi connectivity index (χ1n) is 13.6. The largest absolute Gasteiger partial charge is 0.534 e. The third-order valence-electron chi connectivity index (χ3n) is 6.96. The van der Waals surface area contributed by atoms with Crippen LogP contribution in [0.3, 0.4) is 0 Å². The zero-order chi connectivity index (χ0) is 29.4. The monoisotopic (exact) mass is 576 g/mol. The van der Waals surface area contributed by atoms with Gasteiger partial charge in [-0.25, -0.2) is 0 Å². The smallest absolute Gasteiger partial charge is 0.319 e. The van der Waals surface area contributed by atoms with Crippen molar-refractivity contribution in [2.75, 3.05) is 5.75 Å². The van der Waals surface area contributed by atoms with Gasteiger partial charge in [-0.3, -0.25) is 19.4 Å². The first kappa shape index (κ1) is 31.3. The molecular weight excluding hydrogens is 537 g/mol. The Bertz CT molecular complexity index is 1250. The maximum absolute atomic E-state index is 13.2. The lowest BCUT2D eigenvalue weighted by Crippen LogP contribution is -2.66. The topological polar surface area (TPSA) is 84.8 Å². The molecule has 2 aromatic carbocycles. The Morgan fingerprint density at radius 1 is 1.10 bits per heavy atom. The van der Waals surface area contributed by atoms with E-state index in [0.29, 0.717) is 23.0 Å². The average Bonchev–Trinajstić information content (AvgIpc) is 3.34. The minimum Gasteiger partial charge on any atom is -0.534 e. The van der Waals surface area contributed by atoms with Crippen molar-refractivity contribution in [2.24, 2.45) is 4.99 Å². The molecule has 2 atom stereocenters. The fourth-order valence-electron chi connectivity index (χ4n) is 4.87. The first-order valence-corrected chi connectivity index (χ1v) is 16.5. The van der Waals surface area contributed by atoms with Gasteiger partial charge in [0.25, 0.3) is 0 Å². The summed E-state index contributed by atoms with van der Waals surface area (Å²) in [5.74, 6) is 0.506. The number of allylic oxidation sites excluding steroid dienone is 2. The van der Waals surface area contributed by atoms with Crippen LogP contribution in [0.1, 0.15) is 54.4 Å². The minimum absolute atomic E-state index is 0.129. The van der Waals surface area contributed by atoms with Crippen molar-refractivity contribution in [3.05, 3.63) is 84.7 Å². The van der Waals surface area contributed by atoms with Crippen LogP contribution in [0.25, 0.3) is 0 Å². The summed E-state index contributed by atoms with van der Waals surface area (Å²) in [5.41, 5.74) is -1.00. The summed E-state index contributed by atoms with van der Waals surface area (Å²) in [6, 6.07) is 20.1. The third-order valence-corrected chi connectivity index (χ3v) is 13.3. The number of thioether (sulfide) groups is 1. The van der Waals surface area contributed by atoms with Crippen molar-refractivity contribution in [3.8, 4) is 0 Å². The van der Waals surface area contributed by atoms with E-state index >= 15 is 0 Å². The summed E-state index contributed by atoms with van der Waals surface area (Å²) in [6.07, 6.45) is 7.39. The number of nitrogens with zero attached hydrogens (tertiary/aromatic N) is 1. The Balaban J connectivity index is 1.97. The molecule has 0 spiro atoms. The normalized spacial score (nSPS) is 18.8. The van der Waals surface area contributed by atoms with Crippen LogP contribution < -0.4 is 15.7 Å². The van der Waals surface area contributed by atoms with Crippen molar-refractivity contribution >= 4 is 53.5 Å². The van der Waals surface area contributed by atoms with Crippen molar-refractivity contribution in [3.63, 3.8) is 0 Å². The highest BCUT2D eigenvalue weighted by molar-refractivity contribution is 8.16. The maximum atomic E-state index is 13.2. The second-order valence-corrected chi connectivity index (χ2v) is 16.4. The highest BCUT2D eigenvalue weighted by Gasteiger charge is 2.52. The quantitative estimate of drug-likeness (QED) is 0.127. The molecule has 3 rings (SSSR count). The Hall–Kier alpha value is -3.23. The number of nitrogens with one attached hydrogen (secondary N) is 1. The molecule has 1 aliphatic rings. The lowest BCUT2D eigenvalue weighted by molar-refractivity contribution is -0.125. The van der Waals surface area contributed by atoms with E-state index in [1.165, 1.54) is 24.8 Å². The second kappa shape index (κ2) is 13.4. The Kier molecular flexibility index (Phi) is 10.5. The average molecular weight is 577 g/mol. The molecule has 0 unspecified atom stereocenters. The number of hydrogen-bond acceptors (Lipinski definition) is 6. The first-order chi connectivity index (χ1) is 19.0. The number of aliphatic imine (C=N–C) groups is 1. The number of carbonyl (C=O) groups excluding carboxylic acids is 3. The standard InChI is InChI=1S/C32H40N2O4SSi/c1-7-14-25(33-30(37)32(6)23-39-29(34-32)24(2)36)19-20-26(21-22-35)38-40(31(3,4)5,27-15-10-8-11-16-27)28-17-12-9-13-18-28/h8-13,15-22,25H,7,14,23H2,1-6H3,(H,33,37)/t25-,32+/m1/s1. The van der Waals surface area contributed by atoms with E-state index in [4.69, 9.17) is 4.43 Å². The molecule has 0 aromatic heterocycles. The van der Waals surface area contributed by atoms with E-state index in [2.05, 4.69) is 55.3 Å². The van der Waals surface area contributed by atoms with Crippen LogP contribution in [0.15, 0.2) is 89.6 Å². The van der Waals surface area contributed by atoms with E-state index < -0.39 is 13.9 Å². The molecule has 0 bridgehead atoms. The molecule has 0 fully saturated rings. The van der Waals surface area contributed by atoms with E-state index in [0.717, 1.165) is 23.1 Å². The van der Waals surface area contributed by atoms with E-state index in [9.17, 15) is 14.4 Å². The molecule has 6 nitrogen and oxygen atoms in total. The van der Waals surface area contributed by atoms with Gasteiger partial charge in [-0.05, 0) is 34.8 Å². The fourth-order valence-corrected chi connectivity index (χ4v) is 10.4. The van der Waals surface area contributed by atoms with Gasteiger partial charge >= 0.3 is 8.32 Å². The molecule has 1 heterocycles. The number of ketones is 1. The predicted octanol–water partition coefficient (Wildman–Crippen LogP) is 4.98. The molecule has 8 heteroatoms. The Morgan fingerprint density at radius 3 is 2.12 bits per heavy atom. The van der Waals surface area contributed by atoms with Crippen molar-refractivity contribution in [2.45, 2.75) is 71.0 Å². The Morgan fingerprint density at radius 2 is 1.68 bits per heavy atom. The summed E-state index contributed by atoms with van der Waals surface area (Å²) in [5, 5.41) is 5.41. The number of Topliss-reactive ketones (excluding diaryl/α,β-unsaturated/α-hetero) is 1. The van der Waals surface area contributed by atoms with Crippen molar-refractivity contribution in [1.29, 1.82) is 0 Å². The van der Waals surface area contributed by atoms with Crippen LogP contribution in [0.4, 0.5) is 0 Å². The molecule has 1 aliphatic heterocycles. The van der Waals surface area contributed by atoms with Gasteiger partial charge in [-0.15, -0.1) is 11.8 Å². The SMILES string of the molecule is CCC[C@H](C=CC(=CC=O)O[Si](c1ccccc1)(c1ccccc1)C(C)(C)C)NC(=O)[C@]1(C)CSC(C(C)=O)=N1. The fraction of sp³-hybridized carbons (Fsp3) is 0.375. The van der Waals surface area contributed by atoms with Crippen LogP contribution >= 0.6 is 11.8 Å². The van der Waals surface area contributed by atoms with Gasteiger partial charge in [0.15, 0.2) is 5.78 Å². The van der Waals surface area contributed by atoms with Gasteiger partial charge in [-0.1, -0.05) is 101 Å².